The van der Waals surface area contributed by atoms with Crippen LogP contribution in [-0.4, -0.2) is 22.0 Å². The minimum atomic E-state index is 0.351. The lowest BCUT2D eigenvalue weighted by molar-refractivity contribution is 0.284. The molecule has 0 saturated heterocycles. The van der Waals surface area contributed by atoms with Gasteiger partial charge in [-0.25, -0.2) is 4.68 Å². The molecule has 1 heterocycles. The van der Waals surface area contributed by atoms with Crippen LogP contribution in [-0.2, 0) is 19.6 Å². The standard InChI is InChI=1S/C19H20BrClN4O2S/c1-3-18-23-24-19(28)25(18)22-10-13-8-16(26-2)17(9-14(13)20)27-11-12-6-4-5-7-15(12)21/h4-9,22H,3,10-11H2,1-2H3,(H,24,28). The van der Waals surface area contributed by atoms with Gasteiger partial charge in [-0.1, -0.05) is 52.7 Å². The molecule has 0 unspecified atom stereocenters. The smallest absolute Gasteiger partial charge is 0.214 e. The molecular weight excluding hydrogens is 464 g/mol. The molecule has 0 amide bonds. The number of halogens is 2. The lowest BCUT2D eigenvalue weighted by atomic mass is 10.2. The van der Waals surface area contributed by atoms with Crippen molar-refractivity contribution in [1.82, 2.24) is 14.9 Å². The van der Waals surface area contributed by atoms with Gasteiger partial charge >= 0.3 is 0 Å². The number of hydrogen-bond acceptors (Lipinski definition) is 5. The Morgan fingerprint density at radius 1 is 1.25 bits per heavy atom. The minimum Gasteiger partial charge on any atom is -0.493 e. The Balaban J connectivity index is 1.76. The summed E-state index contributed by atoms with van der Waals surface area (Å²) in [6.45, 7) is 2.90. The highest BCUT2D eigenvalue weighted by atomic mass is 79.9. The van der Waals surface area contributed by atoms with Crippen molar-refractivity contribution in [2.24, 2.45) is 0 Å². The number of aromatic nitrogens is 3. The number of H-pyrrole nitrogens is 1. The van der Waals surface area contributed by atoms with E-state index in [1.165, 1.54) is 0 Å². The summed E-state index contributed by atoms with van der Waals surface area (Å²) in [5, 5.41) is 7.66. The molecule has 3 rings (SSSR count). The Morgan fingerprint density at radius 3 is 2.75 bits per heavy atom. The van der Waals surface area contributed by atoms with Crippen LogP contribution in [0.3, 0.4) is 0 Å². The number of nitrogens with zero attached hydrogens (tertiary/aromatic N) is 2. The third-order valence-electron chi connectivity index (χ3n) is 4.16. The van der Waals surface area contributed by atoms with Crippen molar-refractivity contribution >= 4 is 39.7 Å². The van der Waals surface area contributed by atoms with Gasteiger partial charge in [-0.05, 0) is 36.0 Å². The van der Waals surface area contributed by atoms with Crippen molar-refractivity contribution in [3.63, 3.8) is 0 Å². The average molecular weight is 484 g/mol. The Morgan fingerprint density at radius 2 is 2.04 bits per heavy atom. The normalized spacial score (nSPS) is 10.7. The fourth-order valence-electron chi connectivity index (χ4n) is 2.65. The molecule has 0 spiro atoms. The van der Waals surface area contributed by atoms with E-state index in [4.69, 9.17) is 33.3 Å². The van der Waals surface area contributed by atoms with Crippen molar-refractivity contribution in [2.45, 2.75) is 26.5 Å². The van der Waals surface area contributed by atoms with E-state index in [2.05, 4.69) is 31.6 Å². The fraction of sp³-hybridized carbons (Fsp3) is 0.263. The van der Waals surface area contributed by atoms with E-state index < -0.39 is 0 Å². The van der Waals surface area contributed by atoms with Gasteiger partial charge < -0.3 is 14.9 Å². The van der Waals surface area contributed by atoms with Crippen LogP contribution >= 0.6 is 39.7 Å². The monoisotopic (exact) mass is 482 g/mol. The summed E-state index contributed by atoms with van der Waals surface area (Å²) in [4.78, 5) is 0. The molecule has 0 aliphatic carbocycles. The molecular formula is C19H20BrClN4O2S. The van der Waals surface area contributed by atoms with Gasteiger partial charge in [0.15, 0.2) is 17.3 Å². The molecule has 3 aromatic rings. The minimum absolute atomic E-state index is 0.351. The van der Waals surface area contributed by atoms with E-state index >= 15 is 0 Å². The number of nitrogens with one attached hydrogen (secondary N) is 2. The molecule has 0 bridgehead atoms. The zero-order valence-corrected chi connectivity index (χ0v) is 18.6. The first kappa shape index (κ1) is 20.7. The number of methoxy groups -OCH3 is 1. The SMILES string of the molecule is CCc1n[nH]c(=S)n1NCc1cc(OC)c(OCc2ccccc2Cl)cc1Br. The average Bonchev–Trinajstić information content (AvgIpc) is 3.06. The van der Waals surface area contributed by atoms with Gasteiger partial charge in [-0.3, -0.25) is 5.10 Å². The topological polar surface area (TPSA) is 64.1 Å². The van der Waals surface area contributed by atoms with Crippen LogP contribution in [0.4, 0.5) is 0 Å². The molecule has 9 heteroatoms. The van der Waals surface area contributed by atoms with Crippen molar-refractivity contribution in [2.75, 3.05) is 12.5 Å². The molecule has 28 heavy (non-hydrogen) atoms. The summed E-state index contributed by atoms with van der Waals surface area (Å²) in [5.41, 5.74) is 5.18. The summed E-state index contributed by atoms with van der Waals surface area (Å²) in [7, 11) is 1.62. The van der Waals surface area contributed by atoms with E-state index in [0.29, 0.717) is 34.4 Å². The second-order valence-corrected chi connectivity index (χ2v) is 7.59. The van der Waals surface area contributed by atoms with Crippen LogP contribution < -0.4 is 14.9 Å². The second kappa shape index (κ2) is 9.45. The van der Waals surface area contributed by atoms with Crippen molar-refractivity contribution in [1.29, 1.82) is 0 Å². The number of hydrogen-bond donors (Lipinski definition) is 2. The molecule has 0 atom stereocenters. The Bertz CT molecular complexity index is 1020. The quantitative estimate of drug-likeness (QED) is 0.428. The van der Waals surface area contributed by atoms with Crippen molar-refractivity contribution in [3.05, 3.63) is 67.6 Å². The van der Waals surface area contributed by atoms with Crippen molar-refractivity contribution < 1.29 is 9.47 Å². The third kappa shape index (κ3) is 4.68. The Hall–Kier alpha value is -2.03. The molecule has 0 aliphatic rings. The number of benzene rings is 2. The Labute approximate surface area is 181 Å². The largest absolute Gasteiger partial charge is 0.493 e. The predicted octanol–water partition coefficient (Wildman–Crippen LogP) is 5.25. The second-order valence-electron chi connectivity index (χ2n) is 5.94. The van der Waals surface area contributed by atoms with E-state index in [0.717, 1.165) is 27.8 Å². The summed E-state index contributed by atoms with van der Waals surface area (Å²) in [6.07, 6.45) is 0.763. The lowest BCUT2D eigenvalue weighted by Crippen LogP contribution is -2.17. The highest BCUT2D eigenvalue weighted by Gasteiger charge is 2.12. The molecule has 6 nitrogen and oxygen atoms in total. The van der Waals surface area contributed by atoms with Crippen molar-refractivity contribution in [3.8, 4) is 11.5 Å². The molecule has 148 valence electrons. The van der Waals surface area contributed by atoms with E-state index in [-0.39, 0.29) is 0 Å². The van der Waals surface area contributed by atoms with Crippen LogP contribution in [0.25, 0.3) is 0 Å². The maximum Gasteiger partial charge on any atom is 0.214 e. The van der Waals surface area contributed by atoms with E-state index in [1.54, 1.807) is 11.8 Å². The van der Waals surface area contributed by atoms with Crippen LogP contribution in [0, 0.1) is 4.77 Å². The maximum atomic E-state index is 6.20. The van der Waals surface area contributed by atoms with Gasteiger partial charge in [0.05, 0.1) is 13.7 Å². The first-order chi connectivity index (χ1) is 13.5. The lowest BCUT2D eigenvalue weighted by Gasteiger charge is -2.16. The summed E-state index contributed by atoms with van der Waals surface area (Å²) >= 11 is 15.1. The van der Waals surface area contributed by atoms with Crippen LogP contribution in [0.2, 0.25) is 5.02 Å². The van der Waals surface area contributed by atoms with Gasteiger partial charge in [0.2, 0.25) is 4.77 Å². The fourth-order valence-corrected chi connectivity index (χ4v) is 3.52. The molecule has 1 aromatic heterocycles. The summed E-state index contributed by atoms with van der Waals surface area (Å²) < 4.78 is 14.6. The van der Waals surface area contributed by atoms with Gasteiger partial charge in [0.1, 0.15) is 6.61 Å². The van der Waals surface area contributed by atoms with Gasteiger partial charge in [-0.2, -0.15) is 5.10 Å². The van der Waals surface area contributed by atoms with Crippen LogP contribution in [0.15, 0.2) is 40.9 Å². The number of aromatic amines is 1. The van der Waals surface area contributed by atoms with E-state index in [9.17, 15) is 0 Å². The number of aryl methyl sites for hydroxylation is 1. The van der Waals surface area contributed by atoms with E-state index in [1.807, 2.05) is 43.3 Å². The molecule has 2 N–H and O–H groups in total. The predicted molar refractivity (Wildman–Crippen MR) is 116 cm³/mol. The highest BCUT2D eigenvalue weighted by molar-refractivity contribution is 9.10. The van der Waals surface area contributed by atoms with Crippen LogP contribution in [0.5, 0.6) is 11.5 Å². The summed E-state index contributed by atoms with van der Waals surface area (Å²) in [6, 6.07) is 11.4. The molecule has 0 fully saturated rings. The molecule has 0 aliphatic heterocycles. The first-order valence-corrected chi connectivity index (χ1v) is 10.2. The Kier molecular flexibility index (Phi) is 6.98. The van der Waals surface area contributed by atoms with Gasteiger partial charge in [0, 0.05) is 21.5 Å². The first-order valence-electron chi connectivity index (χ1n) is 8.66. The third-order valence-corrected chi connectivity index (χ3v) is 5.54. The maximum absolute atomic E-state index is 6.20. The zero-order chi connectivity index (χ0) is 20.1. The van der Waals surface area contributed by atoms with Gasteiger partial charge in [0.25, 0.3) is 0 Å². The number of rotatable bonds is 8. The highest BCUT2D eigenvalue weighted by Crippen LogP contribution is 2.34. The number of ether oxygens (including phenoxy) is 2. The zero-order valence-electron chi connectivity index (χ0n) is 15.5. The molecule has 0 saturated carbocycles. The molecule has 2 aromatic carbocycles. The molecule has 0 radical (unpaired) electrons. The van der Waals surface area contributed by atoms with Crippen LogP contribution in [0.1, 0.15) is 23.9 Å². The van der Waals surface area contributed by atoms with Gasteiger partial charge in [-0.15, -0.1) is 0 Å². The summed E-state index contributed by atoms with van der Waals surface area (Å²) in [5.74, 6) is 2.11.